The van der Waals surface area contributed by atoms with E-state index in [9.17, 15) is 9.59 Å². The van der Waals surface area contributed by atoms with Gasteiger partial charge < -0.3 is 14.7 Å². The van der Waals surface area contributed by atoms with E-state index in [1.165, 1.54) is 16.7 Å². The average Bonchev–Trinajstić information content (AvgIpc) is 2.87. The molecule has 1 aromatic rings. The normalized spacial score (nSPS) is 18.4. The number of rotatable bonds is 4. The number of carboxylic acid groups (broad SMARTS) is 1. The smallest absolute Gasteiger partial charge is 0.327 e. The summed E-state index contributed by atoms with van der Waals surface area (Å²) >= 11 is 1.44. The number of carboxylic acids is 1. The van der Waals surface area contributed by atoms with Gasteiger partial charge in [0.05, 0.1) is 5.88 Å². The third kappa shape index (κ3) is 3.41. The summed E-state index contributed by atoms with van der Waals surface area (Å²) in [4.78, 5) is 24.3. The van der Waals surface area contributed by atoms with Gasteiger partial charge in [0.25, 0.3) is 5.91 Å². The van der Waals surface area contributed by atoms with Gasteiger partial charge in [0, 0.05) is 5.75 Å². The molecular formula is C13H15NO4S. The van der Waals surface area contributed by atoms with E-state index in [4.69, 9.17) is 9.84 Å². The SMILES string of the molecule is Cc1ccc(OCC(=O)N2CSC[C@H]2C(=O)O)cc1. The highest BCUT2D eigenvalue weighted by Crippen LogP contribution is 2.21. The number of thioether (sulfide) groups is 1. The van der Waals surface area contributed by atoms with Crippen LogP contribution in [0.2, 0.25) is 0 Å². The average molecular weight is 281 g/mol. The number of aryl methyl sites for hydroxylation is 1. The first-order valence-electron chi connectivity index (χ1n) is 5.87. The Morgan fingerprint density at radius 2 is 2.11 bits per heavy atom. The summed E-state index contributed by atoms with van der Waals surface area (Å²) in [5, 5.41) is 9.00. The predicted octanol–water partition coefficient (Wildman–Crippen LogP) is 1.36. The quantitative estimate of drug-likeness (QED) is 0.902. The lowest BCUT2D eigenvalue weighted by atomic mass is 10.2. The topological polar surface area (TPSA) is 66.8 Å². The minimum atomic E-state index is -0.964. The molecule has 0 bridgehead atoms. The van der Waals surface area contributed by atoms with E-state index >= 15 is 0 Å². The number of hydrogen-bond donors (Lipinski definition) is 1. The zero-order valence-corrected chi connectivity index (χ0v) is 11.4. The molecule has 19 heavy (non-hydrogen) atoms. The molecule has 1 saturated heterocycles. The molecule has 1 heterocycles. The van der Waals surface area contributed by atoms with Crippen molar-refractivity contribution in [3.8, 4) is 5.75 Å². The van der Waals surface area contributed by atoms with Gasteiger partial charge in [-0.3, -0.25) is 4.79 Å². The predicted molar refractivity (Wildman–Crippen MR) is 72.3 cm³/mol. The number of nitrogens with zero attached hydrogens (tertiary/aromatic N) is 1. The van der Waals surface area contributed by atoms with Crippen molar-refractivity contribution in [3.63, 3.8) is 0 Å². The molecule has 2 rings (SSSR count). The van der Waals surface area contributed by atoms with E-state index < -0.39 is 12.0 Å². The van der Waals surface area contributed by atoms with Gasteiger partial charge >= 0.3 is 5.97 Å². The maximum absolute atomic E-state index is 11.9. The zero-order chi connectivity index (χ0) is 13.8. The summed E-state index contributed by atoms with van der Waals surface area (Å²) in [7, 11) is 0. The van der Waals surface area contributed by atoms with Gasteiger partial charge in [-0.2, -0.15) is 0 Å². The van der Waals surface area contributed by atoms with Gasteiger partial charge in [0.2, 0.25) is 0 Å². The van der Waals surface area contributed by atoms with Gasteiger partial charge in [-0.1, -0.05) is 17.7 Å². The van der Waals surface area contributed by atoms with E-state index in [-0.39, 0.29) is 12.5 Å². The number of carbonyl (C=O) groups is 2. The highest BCUT2D eigenvalue weighted by Gasteiger charge is 2.34. The summed E-state index contributed by atoms with van der Waals surface area (Å²) in [5.74, 6) is 0.197. The van der Waals surface area contributed by atoms with E-state index in [0.717, 1.165) is 5.56 Å². The van der Waals surface area contributed by atoms with Crippen LogP contribution in [0, 0.1) is 6.92 Å². The molecule has 1 atom stereocenters. The largest absolute Gasteiger partial charge is 0.484 e. The molecular weight excluding hydrogens is 266 g/mol. The van der Waals surface area contributed by atoms with Crippen molar-refractivity contribution in [2.45, 2.75) is 13.0 Å². The molecule has 1 aromatic carbocycles. The Balaban J connectivity index is 1.90. The first-order chi connectivity index (χ1) is 9.08. The van der Waals surface area contributed by atoms with Crippen LogP contribution in [-0.4, -0.2) is 46.2 Å². The monoisotopic (exact) mass is 281 g/mol. The molecule has 0 radical (unpaired) electrons. The summed E-state index contributed by atoms with van der Waals surface area (Å²) in [6, 6.07) is 6.63. The Labute approximate surface area is 115 Å². The molecule has 102 valence electrons. The molecule has 0 aliphatic carbocycles. The maximum atomic E-state index is 11.9. The molecule has 5 nitrogen and oxygen atoms in total. The summed E-state index contributed by atoms with van der Waals surface area (Å²) < 4.78 is 5.37. The Morgan fingerprint density at radius 3 is 2.74 bits per heavy atom. The Morgan fingerprint density at radius 1 is 1.42 bits per heavy atom. The Bertz CT molecular complexity index is 474. The molecule has 0 saturated carbocycles. The van der Waals surface area contributed by atoms with Gasteiger partial charge in [-0.05, 0) is 19.1 Å². The fourth-order valence-corrected chi connectivity index (χ4v) is 2.93. The van der Waals surface area contributed by atoms with Gasteiger partial charge in [0.15, 0.2) is 6.61 Å². The number of aliphatic carboxylic acids is 1. The summed E-state index contributed by atoms with van der Waals surface area (Å²) in [6.45, 7) is 1.83. The lowest BCUT2D eigenvalue weighted by Crippen LogP contribution is -2.43. The minimum Gasteiger partial charge on any atom is -0.484 e. The van der Waals surface area contributed by atoms with Crippen LogP contribution in [0.4, 0.5) is 0 Å². The van der Waals surface area contributed by atoms with Crippen LogP contribution in [0.15, 0.2) is 24.3 Å². The Hall–Kier alpha value is -1.69. The maximum Gasteiger partial charge on any atom is 0.327 e. The molecule has 1 aliphatic heterocycles. The molecule has 6 heteroatoms. The molecule has 1 N–H and O–H groups in total. The third-order valence-corrected chi connectivity index (χ3v) is 3.88. The van der Waals surface area contributed by atoms with Crippen LogP contribution in [0.5, 0.6) is 5.75 Å². The lowest BCUT2D eigenvalue weighted by Gasteiger charge is -2.20. The third-order valence-electron chi connectivity index (χ3n) is 2.87. The fourth-order valence-electron chi connectivity index (χ4n) is 1.76. The molecule has 0 spiro atoms. The zero-order valence-electron chi connectivity index (χ0n) is 10.5. The highest BCUT2D eigenvalue weighted by molar-refractivity contribution is 7.99. The van der Waals surface area contributed by atoms with Gasteiger partial charge in [-0.25, -0.2) is 4.79 Å². The van der Waals surface area contributed by atoms with Crippen molar-refractivity contribution in [1.82, 2.24) is 4.90 Å². The van der Waals surface area contributed by atoms with Gasteiger partial charge in [-0.15, -0.1) is 11.8 Å². The van der Waals surface area contributed by atoms with Crippen molar-refractivity contribution in [2.75, 3.05) is 18.2 Å². The van der Waals surface area contributed by atoms with Crippen molar-refractivity contribution in [2.24, 2.45) is 0 Å². The van der Waals surface area contributed by atoms with Crippen molar-refractivity contribution >= 4 is 23.6 Å². The number of carbonyl (C=O) groups excluding carboxylic acids is 1. The molecule has 0 unspecified atom stereocenters. The van der Waals surface area contributed by atoms with E-state index in [1.807, 2.05) is 19.1 Å². The first-order valence-corrected chi connectivity index (χ1v) is 7.03. The van der Waals surface area contributed by atoms with E-state index in [0.29, 0.717) is 17.4 Å². The van der Waals surface area contributed by atoms with Crippen LogP contribution in [0.3, 0.4) is 0 Å². The number of amides is 1. The minimum absolute atomic E-state index is 0.132. The van der Waals surface area contributed by atoms with Crippen molar-refractivity contribution in [3.05, 3.63) is 29.8 Å². The molecule has 1 amide bonds. The molecule has 1 fully saturated rings. The van der Waals surface area contributed by atoms with E-state index in [2.05, 4.69) is 0 Å². The number of hydrogen-bond acceptors (Lipinski definition) is 4. The van der Waals surface area contributed by atoms with Crippen LogP contribution in [-0.2, 0) is 9.59 Å². The fraction of sp³-hybridized carbons (Fsp3) is 0.385. The number of benzene rings is 1. The van der Waals surface area contributed by atoms with Crippen molar-refractivity contribution in [1.29, 1.82) is 0 Å². The van der Waals surface area contributed by atoms with Crippen LogP contribution < -0.4 is 4.74 Å². The van der Waals surface area contributed by atoms with Crippen molar-refractivity contribution < 1.29 is 19.4 Å². The molecule has 1 aliphatic rings. The highest BCUT2D eigenvalue weighted by atomic mass is 32.2. The van der Waals surface area contributed by atoms with Crippen LogP contribution in [0.1, 0.15) is 5.56 Å². The van der Waals surface area contributed by atoms with Crippen LogP contribution >= 0.6 is 11.8 Å². The standard InChI is InChI=1S/C13H15NO4S/c1-9-2-4-10(5-3-9)18-6-12(15)14-8-19-7-11(14)13(16)17/h2-5,11H,6-8H2,1H3,(H,16,17)/t11-/m0/s1. The summed E-state index contributed by atoms with van der Waals surface area (Å²) in [6.07, 6.45) is 0. The number of ether oxygens (including phenoxy) is 1. The first kappa shape index (κ1) is 13.7. The second kappa shape index (κ2) is 5.97. The molecule has 0 aromatic heterocycles. The Kier molecular flexibility index (Phi) is 4.31. The summed E-state index contributed by atoms with van der Waals surface area (Å²) in [5.41, 5.74) is 1.11. The second-order valence-corrected chi connectivity index (χ2v) is 5.32. The van der Waals surface area contributed by atoms with E-state index in [1.54, 1.807) is 12.1 Å². The lowest BCUT2D eigenvalue weighted by molar-refractivity contribution is -0.148. The van der Waals surface area contributed by atoms with Crippen LogP contribution in [0.25, 0.3) is 0 Å². The van der Waals surface area contributed by atoms with Gasteiger partial charge in [0.1, 0.15) is 11.8 Å². The second-order valence-electron chi connectivity index (χ2n) is 4.32.